The molecule has 4 heterocycles. The quantitative estimate of drug-likeness (QED) is 0.158. The van der Waals surface area contributed by atoms with Gasteiger partial charge in [0.15, 0.2) is 0 Å². The lowest BCUT2D eigenvalue weighted by molar-refractivity contribution is -0.137. The predicted octanol–water partition coefficient (Wildman–Crippen LogP) is 15.6. The van der Waals surface area contributed by atoms with Gasteiger partial charge in [-0.25, -0.2) is 8.78 Å². The summed E-state index contributed by atoms with van der Waals surface area (Å²) in [6, 6.07) is 45.7. The van der Waals surface area contributed by atoms with Crippen molar-refractivity contribution in [3.8, 4) is 22.5 Å². The number of thiophene rings is 2. The van der Waals surface area contributed by atoms with Crippen LogP contribution in [0.2, 0.25) is 0 Å². The summed E-state index contributed by atoms with van der Waals surface area (Å²) in [5, 5.41) is 7.68. The van der Waals surface area contributed by atoms with Crippen LogP contribution in [0.4, 0.5) is 22.0 Å². The molecule has 0 N–H and O–H groups in total. The molecule has 0 aliphatic rings. The third kappa shape index (κ3) is 4.57. The van der Waals surface area contributed by atoms with E-state index in [4.69, 9.17) is 0 Å². The van der Waals surface area contributed by atoms with Gasteiger partial charge >= 0.3 is 6.18 Å². The summed E-state index contributed by atoms with van der Waals surface area (Å²) >= 11 is 3.21. The molecule has 0 aliphatic heterocycles. The maximum Gasteiger partial charge on any atom is 0.417 e. The molecule has 0 radical (unpaired) electrons. The summed E-state index contributed by atoms with van der Waals surface area (Å²) in [4.78, 5) is 0. The molecular weight excluding hydrogens is 776 g/mol. The maximum absolute atomic E-state index is 15.9. The summed E-state index contributed by atoms with van der Waals surface area (Å²) < 4.78 is 86.7. The average molecular weight is 801 g/mol. The average Bonchev–Trinajstić information content (AvgIpc) is 3.98. The second-order valence-electron chi connectivity index (χ2n) is 14.6. The van der Waals surface area contributed by atoms with Gasteiger partial charge in [-0.15, -0.1) is 22.7 Å². The van der Waals surface area contributed by atoms with E-state index in [9.17, 15) is 0 Å². The van der Waals surface area contributed by atoms with E-state index in [-0.39, 0.29) is 5.69 Å². The molecule has 0 spiro atoms. The highest BCUT2D eigenvalue weighted by molar-refractivity contribution is 7.27. The number of hydrogen-bond donors (Lipinski definition) is 0. The number of alkyl halides is 3. The Hall–Kier alpha value is -6.55. The smallest absolute Gasteiger partial charge is 0.306 e. The Morgan fingerprint density at radius 2 is 0.845 bits per heavy atom. The Morgan fingerprint density at radius 1 is 0.414 bits per heavy atom. The monoisotopic (exact) mass is 800 g/mol. The van der Waals surface area contributed by atoms with Gasteiger partial charge in [-0.05, 0) is 48.5 Å². The molecule has 0 fully saturated rings. The van der Waals surface area contributed by atoms with Gasteiger partial charge in [0.25, 0.3) is 0 Å². The van der Waals surface area contributed by atoms with Crippen LogP contribution in [0.1, 0.15) is 5.56 Å². The van der Waals surface area contributed by atoms with Crippen molar-refractivity contribution in [2.75, 3.05) is 0 Å². The van der Waals surface area contributed by atoms with Crippen LogP contribution in [0.15, 0.2) is 152 Å². The molecule has 278 valence electrons. The third-order valence-corrected chi connectivity index (χ3v) is 13.9. The molecule has 0 aliphatic carbocycles. The van der Waals surface area contributed by atoms with Crippen LogP contribution in [0.5, 0.6) is 0 Å². The van der Waals surface area contributed by atoms with Crippen LogP contribution in [-0.2, 0) is 6.18 Å². The van der Waals surface area contributed by atoms with Gasteiger partial charge in [0.2, 0.25) is 0 Å². The second-order valence-corrected chi connectivity index (χ2v) is 16.7. The van der Waals surface area contributed by atoms with Crippen molar-refractivity contribution in [1.29, 1.82) is 0 Å². The van der Waals surface area contributed by atoms with Crippen molar-refractivity contribution in [2.24, 2.45) is 0 Å². The molecule has 8 aromatic carbocycles. The Bertz CT molecular complexity index is 3690. The lowest BCUT2D eigenvalue weighted by Crippen LogP contribution is -2.13. The van der Waals surface area contributed by atoms with E-state index in [2.05, 4.69) is 42.5 Å². The molecule has 0 saturated heterocycles. The number of nitrogens with zero attached hydrogens (tertiary/aromatic N) is 2. The Kier molecular flexibility index (Phi) is 6.94. The summed E-state index contributed by atoms with van der Waals surface area (Å²) in [7, 11) is 0. The highest BCUT2D eigenvalue weighted by atomic mass is 32.1. The van der Waals surface area contributed by atoms with E-state index in [1.807, 2.05) is 88.0 Å². The van der Waals surface area contributed by atoms with Crippen molar-refractivity contribution in [3.63, 3.8) is 0 Å². The first-order chi connectivity index (χ1) is 28.3. The van der Waals surface area contributed by atoms with Crippen molar-refractivity contribution in [1.82, 2.24) is 9.13 Å². The number of halogens is 5. The van der Waals surface area contributed by atoms with Gasteiger partial charge in [-0.1, -0.05) is 103 Å². The lowest BCUT2D eigenvalue weighted by atomic mass is 9.96. The van der Waals surface area contributed by atoms with E-state index in [1.165, 1.54) is 6.07 Å². The van der Waals surface area contributed by atoms with E-state index in [0.29, 0.717) is 11.2 Å². The minimum Gasteiger partial charge on any atom is -0.306 e. The van der Waals surface area contributed by atoms with Gasteiger partial charge in [0.05, 0.1) is 54.0 Å². The van der Waals surface area contributed by atoms with Crippen molar-refractivity contribution in [3.05, 3.63) is 169 Å². The highest BCUT2D eigenvalue weighted by Crippen LogP contribution is 2.49. The number of rotatable bonds is 3. The van der Waals surface area contributed by atoms with E-state index >= 15 is 22.0 Å². The van der Waals surface area contributed by atoms with Crippen LogP contribution in [0, 0.1) is 11.6 Å². The molecule has 0 bridgehead atoms. The first-order valence-corrected chi connectivity index (χ1v) is 20.3. The Labute approximate surface area is 333 Å². The minimum absolute atomic E-state index is 0.227. The number of para-hydroxylation sites is 2. The largest absolute Gasteiger partial charge is 0.417 e. The molecule has 9 heteroatoms. The number of hydrogen-bond acceptors (Lipinski definition) is 2. The van der Waals surface area contributed by atoms with E-state index in [1.54, 1.807) is 22.7 Å². The fourth-order valence-electron chi connectivity index (χ4n) is 9.09. The molecule has 0 atom stereocenters. The van der Waals surface area contributed by atoms with Crippen molar-refractivity contribution < 1.29 is 22.0 Å². The summed E-state index contributed by atoms with van der Waals surface area (Å²) in [5.74, 6) is -2.16. The number of fused-ring (bicyclic) bond motifs is 14. The van der Waals surface area contributed by atoms with Crippen LogP contribution >= 0.6 is 22.7 Å². The SMILES string of the molecule is Fc1cccc(F)c1-c1cc(-n2c3ccccc3c3ccc4c5ccccc5sc4c32)c(-n2c3ccccc3c3ccc4c5ccccc5sc4c32)cc1C(F)(F)F. The molecule has 12 aromatic rings. The molecule has 0 amide bonds. The zero-order valence-electron chi connectivity index (χ0n) is 30.0. The number of benzene rings is 8. The minimum atomic E-state index is -4.98. The Morgan fingerprint density at radius 3 is 1.34 bits per heavy atom. The van der Waals surface area contributed by atoms with Gasteiger partial charge in [0, 0.05) is 58.1 Å². The number of aromatic nitrogens is 2. The zero-order valence-corrected chi connectivity index (χ0v) is 31.7. The van der Waals surface area contributed by atoms with Crippen LogP contribution < -0.4 is 0 Å². The standard InChI is InChI=1S/C49H25F5N2S2/c50-36-14-9-15-37(51)44(36)34-24-40(55-38-16-5-1-10-26(38)30-20-22-32-28-12-3-7-18-42(28)57-47(32)45(30)55)41(25-35(34)49(52,53)54)56-39-17-6-2-11-27(39)31-21-23-33-29-13-4-8-19-43(29)58-48(33)46(31)56/h1-25H. The van der Waals surface area contributed by atoms with Crippen molar-refractivity contribution in [2.45, 2.75) is 6.18 Å². The first kappa shape index (κ1) is 33.6. The van der Waals surface area contributed by atoms with Crippen LogP contribution in [-0.4, -0.2) is 9.13 Å². The third-order valence-electron chi connectivity index (χ3n) is 11.5. The molecule has 12 rings (SSSR count). The molecule has 0 unspecified atom stereocenters. The normalized spacial score (nSPS) is 12.6. The predicted molar refractivity (Wildman–Crippen MR) is 231 cm³/mol. The van der Waals surface area contributed by atoms with Gasteiger partial charge in [-0.2, -0.15) is 13.2 Å². The maximum atomic E-state index is 15.9. The lowest BCUT2D eigenvalue weighted by Gasteiger charge is -2.22. The topological polar surface area (TPSA) is 9.86 Å². The van der Waals surface area contributed by atoms with E-state index in [0.717, 1.165) is 103 Å². The summed E-state index contributed by atoms with van der Waals surface area (Å²) in [6.07, 6.45) is -4.98. The van der Waals surface area contributed by atoms with Crippen LogP contribution in [0.3, 0.4) is 0 Å². The Balaban J connectivity index is 1.35. The fraction of sp³-hybridized carbons (Fsp3) is 0.0204. The summed E-state index contributed by atoms with van der Waals surface area (Å²) in [6.45, 7) is 0. The molecule has 0 saturated carbocycles. The molecule has 58 heavy (non-hydrogen) atoms. The van der Waals surface area contributed by atoms with Gasteiger partial charge in [-0.3, -0.25) is 0 Å². The van der Waals surface area contributed by atoms with Gasteiger partial charge in [0.1, 0.15) is 11.6 Å². The zero-order chi connectivity index (χ0) is 39.0. The molecule has 4 aromatic heterocycles. The fourth-order valence-corrected chi connectivity index (χ4v) is 11.6. The molecular formula is C49H25F5N2S2. The molecule has 2 nitrogen and oxygen atoms in total. The van der Waals surface area contributed by atoms with Gasteiger partial charge < -0.3 is 9.13 Å². The van der Waals surface area contributed by atoms with E-state index < -0.39 is 34.5 Å². The van der Waals surface area contributed by atoms with Crippen molar-refractivity contribution >= 4 is 107 Å². The second kappa shape index (κ2) is 12.0. The van der Waals surface area contributed by atoms with Crippen LogP contribution in [0.25, 0.3) is 106 Å². The first-order valence-electron chi connectivity index (χ1n) is 18.6. The highest BCUT2D eigenvalue weighted by Gasteiger charge is 2.37. The summed E-state index contributed by atoms with van der Waals surface area (Å²) in [5.41, 5.74) is 1.13.